The van der Waals surface area contributed by atoms with Crippen molar-refractivity contribution < 1.29 is 19.1 Å². The second-order valence-corrected chi connectivity index (χ2v) is 8.79. The van der Waals surface area contributed by atoms with E-state index in [2.05, 4.69) is 27.4 Å². The van der Waals surface area contributed by atoms with E-state index < -0.39 is 0 Å². The molecule has 0 spiro atoms. The minimum absolute atomic E-state index is 0.0672. The minimum atomic E-state index is -0.207. The molecule has 8 nitrogen and oxygen atoms in total. The standard InChI is InChI=1S/C26H32N4O4/c1-3-33-25(31)15-20-14-22-16-23(8-9-24(22)34-18-20)28-26(32)21-6-4-19(5-7-21)17-27-30-12-10-29(2)11-13-30/h4-9,16-17,20H,3,10-15,18H2,1-2H3,(H,28,32)/b27-17+. The molecule has 0 aromatic heterocycles. The quantitative estimate of drug-likeness (QED) is 0.501. The van der Waals surface area contributed by atoms with Crippen LogP contribution < -0.4 is 10.1 Å². The predicted molar refractivity (Wildman–Crippen MR) is 131 cm³/mol. The Morgan fingerprint density at radius 1 is 1.15 bits per heavy atom. The molecule has 1 amide bonds. The third-order valence-electron chi connectivity index (χ3n) is 6.08. The number of carbonyl (C=O) groups is 2. The van der Waals surface area contributed by atoms with E-state index in [9.17, 15) is 9.59 Å². The van der Waals surface area contributed by atoms with Gasteiger partial charge in [0, 0.05) is 43.3 Å². The summed E-state index contributed by atoms with van der Waals surface area (Å²) < 4.78 is 10.9. The second kappa shape index (κ2) is 11.2. The van der Waals surface area contributed by atoms with Gasteiger partial charge in [-0.2, -0.15) is 5.10 Å². The molecule has 1 saturated heterocycles. The first kappa shape index (κ1) is 23.8. The molecule has 0 radical (unpaired) electrons. The second-order valence-electron chi connectivity index (χ2n) is 8.79. The van der Waals surface area contributed by atoms with Gasteiger partial charge in [0.05, 0.1) is 25.8 Å². The number of ether oxygens (including phenoxy) is 2. The Labute approximate surface area is 200 Å². The van der Waals surface area contributed by atoms with Gasteiger partial charge < -0.3 is 19.7 Å². The van der Waals surface area contributed by atoms with E-state index in [4.69, 9.17) is 9.47 Å². The lowest BCUT2D eigenvalue weighted by atomic mass is 9.93. The summed E-state index contributed by atoms with van der Waals surface area (Å²) in [4.78, 5) is 26.9. The molecule has 0 aliphatic carbocycles. The number of likely N-dealkylation sites (N-methyl/N-ethyl adjacent to an activating group) is 1. The highest BCUT2D eigenvalue weighted by Crippen LogP contribution is 2.31. The third-order valence-corrected chi connectivity index (χ3v) is 6.08. The van der Waals surface area contributed by atoms with Crippen molar-refractivity contribution in [2.24, 2.45) is 11.0 Å². The molecule has 4 rings (SSSR count). The average molecular weight is 465 g/mol. The number of carbonyl (C=O) groups excluding carboxylic acids is 2. The van der Waals surface area contributed by atoms with Gasteiger partial charge in [0.2, 0.25) is 0 Å². The molecule has 1 N–H and O–H groups in total. The van der Waals surface area contributed by atoms with E-state index >= 15 is 0 Å². The molecule has 0 saturated carbocycles. The normalized spacial score (nSPS) is 18.3. The number of fused-ring (bicyclic) bond motifs is 1. The van der Waals surface area contributed by atoms with Gasteiger partial charge in [-0.15, -0.1) is 0 Å². The van der Waals surface area contributed by atoms with Crippen LogP contribution >= 0.6 is 0 Å². The number of amides is 1. The molecule has 2 aromatic rings. The van der Waals surface area contributed by atoms with Gasteiger partial charge in [-0.25, -0.2) is 0 Å². The van der Waals surface area contributed by atoms with E-state index in [0.29, 0.717) is 37.3 Å². The summed E-state index contributed by atoms with van der Waals surface area (Å²) in [6.45, 7) is 6.53. The number of hydrazone groups is 1. The number of nitrogens with one attached hydrogen (secondary N) is 1. The van der Waals surface area contributed by atoms with Gasteiger partial charge in [0.15, 0.2) is 0 Å². The molecule has 2 aromatic carbocycles. The van der Waals surface area contributed by atoms with Crippen molar-refractivity contribution in [2.75, 3.05) is 51.8 Å². The highest BCUT2D eigenvalue weighted by atomic mass is 16.5. The van der Waals surface area contributed by atoms with Crippen molar-refractivity contribution in [1.82, 2.24) is 9.91 Å². The lowest BCUT2D eigenvalue weighted by Gasteiger charge is -2.30. The van der Waals surface area contributed by atoms with Gasteiger partial charge in [0.1, 0.15) is 5.75 Å². The van der Waals surface area contributed by atoms with E-state index in [1.165, 1.54) is 0 Å². The summed E-state index contributed by atoms with van der Waals surface area (Å²) in [7, 11) is 2.12. The number of hydrogen-bond acceptors (Lipinski definition) is 7. The molecular formula is C26H32N4O4. The van der Waals surface area contributed by atoms with E-state index in [1.807, 2.05) is 36.5 Å². The van der Waals surface area contributed by atoms with Crippen molar-refractivity contribution >= 4 is 23.8 Å². The van der Waals surface area contributed by atoms with Crippen LogP contribution in [0.2, 0.25) is 0 Å². The molecular weight excluding hydrogens is 432 g/mol. The van der Waals surface area contributed by atoms with Crippen molar-refractivity contribution in [3.63, 3.8) is 0 Å². The van der Waals surface area contributed by atoms with Crippen LogP contribution in [-0.2, 0) is 16.0 Å². The van der Waals surface area contributed by atoms with Crippen LogP contribution in [0.4, 0.5) is 5.69 Å². The number of esters is 1. The molecule has 2 aliphatic heterocycles. The summed E-state index contributed by atoms with van der Waals surface area (Å²) in [6.07, 6.45) is 2.87. The maximum Gasteiger partial charge on any atom is 0.306 e. The van der Waals surface area contributed by atoms with Crippen molar-refractivity contribution in [3.05, 3.63) is 59.2 Å². The monoisotopic (exact) mass is 464 g/mol. The highest BCUT2D eigenvalue weighted by molar-refractivity contribution is 6.04. The summed E-state index contributed by atoms with van der Waals surface area (Å²) in [5, 5.41) is 9.57. The van der Waals surface area contributed by atoms with Gasteiger partial charge in [-0.3, -0.25) is 14.6 Å². The largest absolute Gasteiger partial charge is 0.493 e. The summed E-state index contributed by atoms with van der Waals surface area (Å²) >= 11 is 0. The van der Waals surface area contributed by atoms with Crippen LogP contribution in [0.25, 0.3) is 0 Å². The van der Waals surface area contributed by atoms with Crippen LogP contribution in [-0.4, -0.2) is 74.4 Å². The van der Waals surface area contributed by atoms with Gasteiger partial charge in [-0.05, 0) is 61.9 Å². The summed E-state index contributed by atoms with van der Waals surface area (Å²) in [6, 6.07) is 13.0. The Bertz CT molecular complexity index is 1030. The summed E-state index contributed by atoms with van der Waals surface area (Å²) in [5.41, 5.74) is 3.21. The number of piperazine rings is 1. The molecule has 0 bridgehead atoms. The lowest BCUT2D eigenvalue weighted by molar-refractivity contribution is -0.144. The van der Waals surface area contributed by atoms with Crippen LogP contribution in [0, 0.1) is 5.92 Å². The van der Waals surface area contributed by atoms with Gasteiger partial charge in [0.25, 0.3) is 5.91 Å². The Morgan fingerprint density at radius 3 is 2.65 bits per heavy atom. The molecule has 1 unspecified atom stereocenters. The van der Waals surface area contributed by atoms with E-state index in [0.717, 1.165) is 43.1 Å². The zero-order valence-corrected chi connectivity index (χ0v) is 19.8. The zero-order valence-electron chi connectivity index (χ0n) is 19.8. The fourth-order valence-electron chi connectivity index (χ4n) is 4.11. The van der Waals surface area contributed by atoms with Crippen molar-refractivity contribution in [1.29, 1.82) is 0 Å². The third kappa shape index (κ3) is 6.35. The molecule has 1 fully saturated rings. The molecule has 180 valence electrons. The molecule has 2 aliphatic rings. The number of benzene rings is 2. The first-order chi connectivity index (χ1) is 16.5. The lowest BCUT2D eigenvalue weighted by Crippen LogP contribution is -2.41. The SMILES string of the molecule is CCOC(=O)CC1COc2ccc(NC(=O)c3ccc(/C=N/N4CCN(C)CC4)cc3)cc2C1. The highest BCUT2D eigenvalue weighted by Gasteiger charge is 2.23. The smallest absolute Gasteiger partial charge is 0.306 e. The average Bonchev–Trinajstić information content (AvgIpc) is 2.84. The summed E-state index contributed by atoms with van der Waals surface area (Å²) in [5.74, 6) is 0.475. The first-order valence-corrected chi connectivity index (χ1v) is 11.8. The Balaban J connectivity index is 1.33. The van der Waals surface area contributed by atoms with Crippen molar-refractivity contribution in [2.45, 2.75) is 19.8 Å². The molecule has 2 heterocycles. The van der Waals surface area contributed by atoms with Crippen LogP contribution in [0.1, 0.15) is 34.8 Å². The topological polar surface area (TPSA) is 83.5 Å². The van der Waals surface area contributed by atoms with Gasteiger partial charge in [-0.1, -0.05) is 12.1 Å². The predicted octanol–water partition coefficient (Wildman–Crippen LogP) is 3.02. The fourth-order valence-corrected chi connectivity index (χ4v) is 4.11. The van der Waals surface area contributed by atoms with Crippen LogP contribution in [0.3, 0.4) is 0 Å². The fraction of sp³-hybridized carbons (Fsp3) is 0.423. The number of rotatable bonds is 7. The van der Waals surface area contributed by atoms with Gasteiger partial charge >= 0.3 is 5.97 Å². The Morgan fingerprint density at radius 2 is 1.91 bits per heavy atom. The maximum atomic E-state index is 12.8. The van der Waals surface area contributed by atoms with Crippen LogP contribution in [0.5, 0.6) is 5.75 Å². The number of hydrogen-bond donors (Lipinski definition) is 1. The van der Waals surface area contributed by atoms with Crippen molar-refractivity contribution in [3.8, 4) is 5.75 Å². The van der Waals surface area contributed by atoms with E-state index in [-0.39, 0.29) is 17.8 Å². The molecule has 34 heavy (non-hydrogen) atoms. The molecule has 1 atom stereocenters. The first-order valence-electron chi connectivity index (χ1n) is 11.8. The minimum Gasteiger partial charge on any atom is -0.493 e. The van der Waals surface area contributed by atoms with Crippen LogP contribution in [0.15, 0.2) is 47.6 Å². The number of anilines is 1. The zero-order chi connectivity index (χ0) is 23.9. The maximum absolute atomic E-state index is 12.8. The number of nitrogens with zero attached hydrogens (tertiary/aromatic N) is 3. The van der Waals surface area contributed by atoms with E-state index in [1.54, 1.807) is 19.1 Å². The Hall–Kier alpha value is -3.39. The Kier molecular flexibility index (Phi) is 7.80. The molecule has 8 heteroatoms.